The molecule has 4 N–H and O–H groups in total. The lowest BCUT2D eigenvalue weighted by Gasteiger charge is -2.64. The van der Waals surface area contributed by atoms with Gasteiger partial charge in [-0.2, -0.15) is 0 Å². The van der Waals surface area contributed by atoms with Gasteiger partial charge in [-0.05, 0) is 60.7 Å². The Labute approximate surface area is 493 Å². The molecular formula is C66H87NO17. The third-order valence-electron chi connectivity index (χ3n) is 18.0. The Hall–Kier alpha value is -6.02. The van der Waals surface area contributed by atoms with E-state index in [-0.39, 0.29) is 48.5 Å². The summed E-state index contributed by atoms with van der Waals surface area (Å²) in [7, 11) is 0. The van der Waals surface area contributed by atoms with Crippen molar-refractivity contribution in [1.82, 2.24) is 5.32 Å². The van der Waals surface area contributed by atoms with Gasteiger partial charge in [0.05, 0.1) is 36.9 Å². The minimum atomic E-state index is -2.42. The van der Waals surface area contributed by atoms with E-state index in [1.54, 1.807) is 92.7 Å². The Bertz CT molecular complexity index is 2720. The number of aliphatic hydroxyl groups is 3. The number of esters is 3. The molecule has 2 saturated carbocycles. The number of fused-ring (bicyclic) bond motifs is 5. The molecule has 5 aliphatic rings. The standard InChI is InChI=1S/C66H87NO17/c1-6-7-8-9-10-11-12-13-14-15-16-17-18-19-29-36-51-77-39-47(81-51)40-78-63(74)83-58(55(44-30-23-20-24-31-44)67-60(71)45-32-25-21-26-33-45)62(73)82-49-38-66(76)59(84-61(72)46-34-27-22-28-35-46)54-52(48(69)37-50-65(54,75)41-79-50)56(70)57(80-43(3)68)53(42(49)2)64(66,4)5/h20-28,30-35,47-52,54-55,57-59,69,75-76H,6-19,29,36-41H2,1-5H3,(H,67,71)/t47?,48-,49-,50+,51?,52?,54+,55-,57+,58+,59-,65-,66+/m0/s1. The Morgan fingerprint density at radius 3 is 1.88 bits per heavy atom. The molecule has 3 aromatic carbocycles. The van der Waals surface area contributed by atoms with E-state index in [4.69, 9.17) is 37.9 Å². The van der Waals surface area contributed by atoms with Crippen LogP contribution in [0.15, 0.2) is 102 Å². The Balaban J connectivity index is 1.02. The Morgan fingerprint density at radius 2 is 1.31 bits per heavy atom. The predicted molar refractivity (Wildman–Crippen MR) is 308 cm³/mol. The molecule has 3 aliphatic carbocycles. The van der Waals surface area contributed by atoms with Crippen molar-refractivity contribution in [3.05, 3.63) is 119 Å². The Kier molecular flexibility index (Phi) is 22.4. The first-order chi connectivity index (χ1) is 40.4. The number of unbranched alkanes of at least 4 members (excludes halogenated alkanes) is 14. The van der Waals surface area contributed by atoms with Gasteiger partial charge in [0.2, 0.25) is 6.10 Å². The molecule has 0 aromatic heterocycles. The van der Waals surface area contributed by atoms with Crippen molar-refractivity contribution < 1.29 is 82.0 Å². The molecule has 2 bridgehead atoms. The monoisotopic (exact) mass is 1170 g/mol. The number of aliphatic hydroxyl groups excluding tert-OH is 1. The number of carbonyl (C=O) groups excluding carboxylic acids is 6. The predicted octanol–water partition coefficient (Wildman–Crippen LogP) is 9.94. The van der Waals surface area contributed by atoms with Crippen molar-refractivity contribution in [2.24, 2.45) is 17.3 Å². The fraction of sp³-hybridized carbons (Fsp3) is 0.606. The van der Waals surface area contributed by atoms with Gasteiger partial charge in [-0.3, -0.25) is 14.4 Å². The minimum absolute atomic E-state index is 0.0230. The largest absolute Gasteiger partial charge is 0.509 e. The van der Waals surface area contributed by atoms with Crippen molar-refractivity contribution in [2.45, 2.75) is 216 Å². The maximum atomic E-state index is 15.4. The number of rotatable bonds is 28. The van der Waals surface area contributed by atoms with Crippen molar-refractivity contribution >= 4 is 35.8 Å². The SMILES string of the molecule is CCCCCCCCCCCCCCCCCC1OCC(COC(=O)O[C@@H](C(=O)O[C@H]2C[C@@]3(O)[C@@H](OC(=O)c4ccccc4)[C@H]4C(C(=O)[C@H](OC(C)=O)C(=C2C)C3(C)C)[C@@H](O)C[C@H]2OC[C@@]42O)[C@@H](NC(=O)c2ccccc2)c2ccccc2)O1. The molecule has 18 heteroatoms. The van der Waals surface area contributed by atoms with Gasteiger partial charge in [0.15, 0.2) is 18.2 Å². The second-order valence-corrected chi connectivity index (χ2v) is 24.1. The highest BCUT2D eigenvalue weighted by Crippen LogP contribution is 2.60. The topological polar surface area (TPSA) is 249 Å². The van der Waals surface area contributed by atoms with Crippen LogP contribution < -0.4 is 5.32 Å². The summed E-state index contributed by atoms with van der Waals surface area (Å²) in [5.74, 6) is -7.73. The van der Waals surface area contributed by atoms with Crippen LogP contribution in [0.25, 0.3) is 0 Å². The van der Waals surface area contributed by atoms with E-state index in [9.17, 15) is 34.5 Å². The molecule has 18 nitrogen and oxygen atoms in total. The molecule has 84 heavy (non-hydrogen) atoms. The van der Waals surface area contributed by atoms with Gasteiger partial charge in [-0.1, -0.05) is 177 Å². The smallest absolute Gasteiger partial charge is 0.455 e. The lowest BCUT2D eigenvalue weighted by Crippen LogP contribution is -2.78. The van der Waals surface area contributed by atoms with Gasteiger partial charge in [0.1, 0.15) is 42.2 Å². The van der Waals surface area contributed by atoms with Crippen molar-refractivity contribution in [2.75, 3.05) is 19.8 Å². The molecule has 2 aliphatic heterocycles. The van der Waals surface area contributed by atoms with E-state index in [1.165, 1.54) is 96.1 Å². The summed E-state index contributed by atoms with van der Waals surface area (Å²) in [6.45, 7) is 7.45. The summed E-state index contributed by atoms with van der Waals surface area (Å²) >= 11 is 0. The summed E-state index contributed by atoms with van der Waals surface area (Å²) < 4.78 is 47.9. The molecule has 2 heterocycles. The lowest BCUT2D eigenvalue weighted by molar-refractivity contribution is -0.329. The molecule has 3 unspecified atom stereocenters. The summed E-state index contributed by atoms with van der Waals surface area (Å²) in [6, 6.07) is 22.9. The van der Waals surface area contributed by atoms with Crippen molar-refractivity contribution in [3.8, 4) is 0 Å². The minimum Gasteiger partial charge on any atom is -0.455 e. The maximum Gasteiger partial charge on any atom is 0.509 e. The quantitative estimate of drug-likeness (QED) is 0.0228. The summed E-state index contributed by atoms with van der Waals surface area (Å²) in [4.78, 5) is 86.2. The van der Waals surface area contributed by atoms with Crippen molar-refractivity contribution in [3.63, 3.8) is 0 Å². The summed E-state index contributed by atoms with van der Waals surface area (Å²) in [6.07, 6.45) is 6.35. The number of nitrogens with one attached hydrogen (secondary N) is 1. The fourth-order valence-electron chi connectivity index (χ4n) is 13.2. The molecular weight excluding hydrogens is 1080 g/mol. The van der Waals surface area contributed by atoms with Gasteiger partial charge < -0.3 is 58.5 Å². The number of ketones is 1. The van der Waals surface area contributed by atoms with Gasteiger partial charge in [0.25, 0.3) is 5.91 Å². The van der Waals surface area contributed by atoms with Gasteiger partial charge in [0, 0.05) is 36.7 Å². The van der Waals surface area contributed by atoms with Crippen LogP contribution in [0.2, 0.25) is 0 Å². The van der Waals surface area contributed by atoms with Crippen LogP contribution in [0.5, 0.6) is 0 Å². The van der Waals surface area contributed by atoms with Crippen LogP contribution in [-0.4, -0.2) is 131 Å². The molecule has 4 fully saturated rings. The van der Waals surface area contributed by atoms with Gasteiger partial charge in [-0.25, -0.2) is 14.4 Å². The fourth-order valence-corrected chi connectivity index (χ4v) is 13.2. The molecule has 0 spiro atoms. The molecule has 2 saturated heterocycles. The van der Waals surface area contributed by atoms with Crippen molar-refractivity contribution in [1.29, 1.82) is 0 Å². The second-order valence-electron chi connectivity index (χ2n) is 24.1. The number of hydrogen-bond donors (Lipinski definition) is 4. The normalized spacial score (nSPS) is 28.4. The maximum absolute atomic E-state index is 15.4. The summed E-state index contributed by atoms with van der Waals surface area (Å²) in [5, 5.41) is 41.0. The average molecular weight is 1170 g/mol. The van der Waals surface area contributed by atoms with E-state index in [0.717, 1.165) is 26.2 Å². The van der Waals surface area contributed by atoms with Gasteiger partial charge >= 0.3 is 24.1 Å². The zero-order valence-electron chi connectivity index (χ0n) is 49.4. The van der Waals surface area contributed by atoms with Gasteiger partial charge in [-0.15, -0.1) is 0 Å². The highest BCUT2D eigenvalue weighted by Gasteiger charge is 2.73. The average Bonchev–Trinajstić information content (AvgIpc) is 0.729. The first-order valence-corrected chi connectivity index (χ1v) is 30.5. The molecule has 8 rings (SSSR count). The third-order valence-corrected chi connectivity index (χ3v) is 18.0. The highest BCUT2D eigenvalue weighted by atomic mass is 16.8. The molecule has 0 radical (unpaired) electrons. The first-order valence-electron chi connectivity index (χ1n) is 30.5. The van der Waals surface area contributed by atoms with E-state index in [0.29, 0.717) is 12.0 Å². The number of hydrogen-bond acceptors (Lipinski definition) is 17. The Morgan fingerprint density at radius 1 is 0.738 bits per heavy atom. The van der Waals surface area contributed by atoms with E-state index in [1.807, 2.05) is 0 Å². The van der Waals surface area contributed by atoms with Crippen LogP contribution in [0.4, 0.5) is 4.79 Å². The highest BCUT2D eigenvalue weighted by molar-refractivity contribution is 5.95. The van der Waals surface area contributed by atoms with Crippen LogP contribution in [-0.2, 0) is 52.3 Å². The summed E-state index contributed by atoms with van der Waals surface area (Å²) in [5.41, 5.74) is -5.37. The number of ether oxygens (including phenoxy) is 8. The zero-order valence-corrected chi connectivity index (χ0v) is 49.4. The first kappa shape index (κ1) is 64.0. The number of benzene rings is 3. The van der Waals surface area contributed by atoms with E-state index >= 15 is 9.59 Å². The number of Topliss-reactive ketones (excluding diaryl/α,β-unsaturated/α-hetero) is 1. The molecule has 458 valence electrons. The molecule has 1 amide bonds. The lowest BCUT2D eigenvalue weighted by atomic mass is 9.49. The second kappa shape index (κ2) is 29.4. The third kappa shape index (κ3) is 15.0. The van der Waals surface area contributed by atoms with Crippen LogP contribution >= 0.6 is 0 Å². The number of carbonyl (C=O) groups is 6. The molecule has 3 aromatic rings. The van der Waals surface area contributed by atoms with Crippen LogP contribution in [0.1, 0.15) is 183 Å². The van der Waals surface area contributed by atoms with E-state index < -0.39 is 126 Å². The number of amides is 1. The van der Waals surface area contributed by atoms with Crippen LogP contribution in [0, 0.1) is 17.3 Å². The van der Waals surface area contributed by atoms with Crippen LogP contribution in [0.3, 0.4) is 0 Å². The zero-order chi connectivity index (χ0) is 60.0. The van der Waals surface area contributed by atoms with E-state index in [2.05, 4.69) is 12.2 Å². The molecule has 13 atom stereocenters.